The first-order chi connectivity index (χ1) is 8.33. The second-order valence-electron chi connectivity index (χ2n) is 6.02. The third-order valence-corrected chi connectivity index (χ3v) is 4.53. The third-order valence-electron chi connectivity index (χ3n) is 2.83. The van der Waals surface area contributed by atoms with Crippen molar-refractivity contribution in [3.05, 3.63) is 42.5 Å². The molecule has 0 spiro atoms. The van der Waals surface area contributed by atoms with Gasteiger partial charge in [0.05, 0.1) is 10.8 Å². The number of rotatable bonds is 5. The molecule has 0 heterocycles. The van der Waals surface area contributed by atoms with Gasteiger partial charge in [-0.25, -0.2) is 0 Å². The van der Waals surface area contributed by atoms with Crippen LogP contribution in [0.3, 0.4) is 0 Å². The van der Waals surface area contributed by atoms with Crippen molar-refractivity contribution < 1.29 is 4.21 Å². The van der Waals surface area contributed by atoms with Crippen molar-refractivity contribution in [3.8, 4) is 0 Å². The molecule has 0 aromatic heterocycles. The van der Waals surface area contributed by atoms with E-state index in [9.17, 15) is 4.21 Å². The molecule has 0 aliphatic rings. The fourth-order valence-electron chi connectivity index (χ4n) is 1.98. The lowest BCUT2D eigenvalue weighted by Gasteiger charge is -2.24. The minimum absolute atomic E-state index is 0.158. The van der Waals surface area contributed by atoms with E-state index in [4.69, 9.17) is 0 Å². The average molecular weight is 264 g/mol. The van der Waals surface area contributed by atoms with E-state index >= 15 is 0 Å². The van der Waals surface area contributed by atoms with Crippen LogP contribution in [-0.2, 0) is 10.8 Å². The molecule has 2 atom stereocenters. The van der Waals surface area contributed by atoms with Crippen LogP contribution in [0.4, 0.5) is 0 Å². The highest BCUT2D eigenvalue weighted by atomic mass is 32.2. The standard InChI is InChI=1S/C16H24OS/c1-6-7-15(12-16(3,4)5)18(17)14-10-8-13(2)9-11-14/h6,8-11,15H,1,7,12H2,2-5H3. The summed E-state index contributed by atoms with van der Waals surface area (Å²) in [6.45, 7) is 12.4. The lowest BCUT2D eigenvalue weighted by atomic mass is 9.89. The molecule has 2 heteroatoms. The lowest BCUT2D eigenvalue weighted by molar-refractivity contribution is 0.369. The van der Waals surface area contributed by atoms with E-state index in [1.165, 1.54) is 5.56 Å². The molecule has 1 aromatic carbocycles. The number of hydrogen-bond donors (Lipinski definition) is 0. The van der Waals surface area contributed by atoms with E-state index in [-0.39, 0.29) is 10.7 Å². The van der Waals surface area contributed by atoms with E-state index in [1.54, 1.807) is 0 Å². The molecule has 0 bridgehead atoms. The first-order valence-corrected chi connectivity index (χ1v) is 7.63. The number of aryl methyl sites for hydroxylation is 1. The third kappa shape index (κ3) is 4.77. The predicted molar refractivity (Wildman–Crippen MR) is 80.3 cm³/mol. The zero-order chi connectivity index (χ0) is 13.8. The molecule has 1 rings (SSSR count). The van der Waals surface area contributed by atoms with Crippen LogP contribution in [0.25, 0.3) is 0 Å². The van der Waals surface area contributed by atoms with Crippen molar-refractivity contribution in [1.29, 1.82) is 0 Å². The van der Waals surface area contributed by atoms with Crippen LogP contribution < -0.4 is 0 Å². The summed E-state index contributed by atoms with van der Waals surface area (Å²) in [4.78, 5) is 0.928. The molecule has 100 valence electrons. The van der Waals surface area contributed by atoms with Crippen molar-refractivity contribution in [2.24, 2.45) is 5.41 Å². The van der Waals surface area contributed by atoms with Gasteiger partial charge in [0, 0.05) is 10.1 Å². The van der Waals surface area contributed by atoms with Crippen molar-refractivity contribution in [1.82, 2.24) is 0 Å². The Morgan fingerprint density at radius 3 is 2.28 bits per heavy atom. The Morgan fingerprint density at radius 2 is 1.83 bits per heavy atom. The van der Waals surface area contributed by atoms with Gasteiger partial charge in [-0.2, -0.15) is 0 Å². The number of hydrogen-bond acceptors (Lipinski definition) is 1. The maximum Gasteiger partial charge on any atom is 0.0564 e. The Labute approximate surface area is 114 Å². The maximum atomic E-state index is 12.6. The van der Waals surface area contributed by atoms with E-state index < -0.39 is 10.8 Å². The summed E-state index contributed by atoms with van der Waals surface area (Å²) in [5, 5.41) is 0.158. The van der Waals surface area contributed by atoms with Gasteiger partial charge in [0.2, 0.25) is 0 Å². The van der Waals surface area contributed by atoms with Crippen molar-refractivity contribution >= 4 is 10.8 Å². The second kappa shape index (κ2) is 6.33. The molecule has 0 amide bonds. The Kier molecular flexibility index (Phi) is 5.33. The second-order valence-corrected chi connectivity index (χ2v) is 7.75. The number of benzene rings is 1. The van der Waals surface area contributed by atoms with E-state index in [0.717, 1.165) is 17.7 Å². The highest BCUT2D eigenvalue weighted by Gasteiger charge is 2.23. The fourth-order valence-corrected chi connectivity index (χ4v) is 3.73. The molecule has 0 aliphatic carbocycles. The summed E-state index contributed by atoms with van der Waals surface area (Å²) in [6, 6.07) is 8.00. The summed E-state index contributed by atoms with van der Waals surface area (Å²) in [5.74, 6) is 0. The van der Waals surface area contributed by atoms with Crippen LogP contribution in [0.2, 0.25) is 0 Å². The Balaban J connectivity index is 2.88. The van der Waals surface area contributed by atoms with Gasteiger partial charge < -0.3 is 0 Å². The lowest BCUT2D eigenvalue weighted by Crippen LogP contribution is -2.22. The van der Waals surface area contributed by atoms with Gasteiger partial charge in [-0.05, 0) is 37.3 Å². The largest absolute Gasteiger partial charge is 0.254 e. The summed E-state index contributed by atoms with van der Waals surface area (Å²) in [7, 11) is -0.947. The average Bonchev–Trinajstić information content (AvgIpc) is 2.27. The normalized spacial score (nSPS) is 15.1. The van der Waals surface area contributed by atoms with Crippen molar-refractivity contribution in [3.63, 3.8) is 0 Å². The van der Waals surface area contributed by atoms with E-state index in [1.807, 2.05) is 37.3 Å². The molecule has 2 unspecified atom stereocenters. The van der Waals surface area contributed by atoms with Crippen LogP contribution in [-0.4, -0.2) is 9.46 Å². The highest BCUT2D eigenvalue weighted by molar-refractivity contribution is 7.85. The van der Waals surface area contributed by atoms with Gasteiger partial charge in [-0.3, -0.25) is 4.21 Å². The van der Waals surface area contributed by atoms with Crippen molar-refractivity contribution in [2.45, 2.75) is 50.7 Å². The smallest absolute Gasteiger partial charge is 0.0564 e. The van der Waals surface area contributed by atoms with Gasteiger partial charge in [0.15, 0.2) is 0 Å². The molecule has 0 saturated carbocycles. The van der Waals surface area contributed by atoms with Crippen LogP contribution in [0.15, 0.2) is 41.8 Å². The SMILES string of the molecule is C=CCC(CC(C)(C)C)S(=O)c1ccc(C)cc1. The molecule has 18 heavy (non-hydrogen) atoms. The van der Waals surface area contributed by atoms with E-state index in [0.29, 0.717) is 0 Å². The summed E-state index contributed by atoms with van der Waals surface area (Å²) in [5.41, 5.74) is 1.39. The monoisotopic (exact) mass is 264 g/mol. The molecule has 1 aromatic rings. The first-order valence-electron chi connectivity index (χ1n) is 6.41. The zero-order valence-corrected chi connectivity index (χ0v) is 12.7. The highest BCUT2D eigenvalue weighted by Crippen LogP contribution is 2.28. The molecule has 0 aliphatic heterocycles. The Morgan fingerprint density at radius 1 is 1.28 bits per heavy atom. The minimum Gasteiger partial charge on any atom is -0.254 e. The van der Waals surface area contributed by atoms with Crippen LogP contribution >= 0.6 is 0 Å². The molecule has 0 radical (unpaired) electrons. The molecule has 0 N–H and O–H groups in total. The van der Waals surface area contributed by atoms with Crippen LogP contribution in [0.1, 0.15) is 39.2 Å². The van der Waals surface area contributed by atoms with Crippen LogP contribution in [0.5, 0.6) is 0 Å². The summed E-state index contributed by atoms with van der Waals surface area (Å²) in [6.07, 6.45) is 3.62. The van der Waals surface area contributed by atoms with Gasteiger partial charge in [-0.1, -0.05) is 44.5 Å². The zero-order valence-electron chi connectivity index (χ0n) is 11.9. The predicted octanol–water partition coefficient (Wildman–Crippen LogP) is 4.48. The maximum absolute atomic E-state index is 12.6. The van der Waals surface area contributed by atoms with Gasteiger partial charge in [-0.15, -0.1) is 6.58 Å². The Bertz CT molecular complexity index is 412. The van der Waals surface area contributed by atoms with Gasteiger partial charge in [0.1, 0.15) is 0 Å². The van der Waals surface area contributed by atoms with Gasteiger partial charge in [0.25, 0.3) is 0 Å². The minimum atomic E-state index is -0.947. The summed E-state index contributed by atoms with van der Waals surface area (Å²) >= 11 is 0. The van der Waals surface area contributed by atoms with E-state index in [2.05, 4.69) is 27.4 Å². The quantitative estimate of drug-likeness (QED) is 0.716. The molecular weight excluding hydrogens is 240 g/mol. The number of allylic oxidation sites excluding steroid dienone is 1. The fraction of sp³-hybridized carbons (Fsp3) is 0.500. The molecule has 0 fully saturated rings. The molecule has 1 nitrogen and oxygen atoms in total. The topological polar surface area (TPSA) is 17.1 Å². The first kappa shape index (κ1) is 15.2. The molecule has 0 saturated heterocycles. The van der Waals surface area contributed by atoms with Crippen LogP contribution in [0, 0.1) is 12.3 Å². The van der Waals surface area contributed by atoms with Crippen molar-refractivity contribution in [2.75, 3.05) is 0 Å². The van der Waals surface area contributed by atoms with Gasteiger partial charge >= 0.3 is 0 Å². The summed E-state index contributed by atoms with van der Waals surface area (Å²) < 4.78 is 12.6. The Hall–Kier alpha value is -0.890. The molecular formula is C16H24OS.